The van der Waals surface area contributed by atoms with Gasteiger partial charge in [-0.2, -0.15) is 0 Å². The molecule has 1 aliphatic rings. The number of aliphatic hydroxyl groups excluding tert-OH is 1. The van der Waals surface area contributed by atoms with Gasteiger partial charge in [0.05, 0.1) is 0 Å². The molecule has 0 amide bonds. The number of allylic oxidation sites excluding steroid dienone is 2. The van der Waals surface area contributed by atoms with Crippen molar-refractivity contribution in [2.45, 2.75) is 25.4 Å². The van der Waals surface area contributed by atoms with Crippen molar-refractivity contribution in [2.24, 2.45) is 5.92 Å². The van der Waals surface area contributed by atoms with Crippen LogP contribution < -0.4 is 0 Å². The first-order chi connectivity index (χ1) is 9.75. The van der Waals surface area contributed by atoms with Gasteiger partial charge in [0.25, 0.3) is 0 Å². The molecular formula is C18H18O2. The molecule has 2 heteroatoms. The van der Waals surface area contributed by atoms with Crippen LogP contribution in [0.2, 0.25) is 0 Å². The molecule has 2 aromatic rings. The Hall–Kier alpha value is -1.93. The van der Waals surface area contributed by atoms with Crippen molar-refractivity contribution in [1.82, 2.24) is 0 Å². The Morgan fingerprint density at radius 1 is 1.10 bits per heavy atom. The zero-order chi connectivity index (χ0) is 13.9. The molecule has 0 heterocycles. The number of aliphatic hydroxyl groups is 1. The Labute approximate surface area is 118 Å². The topological polar surface area (TPSA) is 37.3 Å². The number of benzene rings is 2. The molecule has 102 valence electrons. The van der Waals surface area contributed by atoms with Crippen LogP contribution >= 0.6 is 0 Å². The van der Waals surface area contributed by atoms with E-state index in [2.05, 4.69) is 12.2 Å². The van der Waals surface area contributed by atoms with Crippen molar-refractivity contribution in [3.8, 4) is 0 Å². The van der Waals surface area contributed by atoms with Crippen LogP contribution in [0.1, 0.15) is 29.6 Å². The second-order valence-electron chi connectivity index (χ2n) is 5.42. The molecular weight excluding hydrogens is 248 g/mol. The number of carbonyl (C=O) groups excluding carboxylic acids is 1. The Kier molecular flexibility index (Phi) is 3.66. The summed E-state index contributed by atoms with van der Waals surface area (Å²) in [6, 6.07) is 13.6. The van der Waals surface area contributed by atoms with E-state index < -0.39 is 6.10 Å². The third-order valence-electron chi connectivity index (χ3n) is 4.06. The van der Waals surface area contributed by atoms with Gasteiger partial charge >= 0.3 is 0 Å². The fourth-order valence-corrected chi connectivity index (χ4v) is 2.83. The lowest BCUT2D eigenvalue weighted by molar-refractivity contribution is 0.0586. The molecule has 2 unspecified atom stereocenters. The standard InChI is InChI=1S/C18H18O2/c19-17(14-7-2-1-3-8-14)18(20)16-11-10-13-6-4-5-9-15(13)12-16/h1-2,4-6,9-12,14,17,19H,3,7-8H2. The van der Waals surface area contributed by atoms with E-state index >= 15 is 0 Å². The van der Waals surface area contributed by atoms with Crippen molar-refractivity contribution in [3.63, 3.8) is 0 Å². The lowest BCUT2D eigenvalue weighted by Gasteiger charge is -2.22. The van der Waals surface area contributed by atoms with Crippen molar-refractivity contribution >= 4 is 16.6 Å². The van der Waals surface area contributed by atoms with E-state index in [1.807, 2.05) is 42.5 Å². The van der Waals surface area contributed by atoms with Gasteiger partial charge in [-0.05, 0) is 42.0 Å². The molecule has 2 aromatic carbocycles. The van der Waals surface area contributed by atoms with Gasteiger partial charge in [0.2, 0.25) is 0 Å². The highest BCUT2D eigenvalue weighted by Crippen LogP contribution is 2.25. The van der Waals surface area contributed by atoms with Crippen LogP contribution in [0, 0.1) is 5.92 Å². The number of hydrogen-bond donors (Lipinski definition) is 1. The number of fused-ring (bicyclic) bond motifs is 1. The Bertz CT molecular complexity index is 657. The Morgan fingerprint density at radius 3 is 2.65 bits per heavy atom. The summed E-state index contributed by atoms with van der Waals surface area (Å²) in [5.74, 6) is -0.102. The van der Waals surface area contributed by atoms with Crippen LogP contribution in [0.4, 0.5) is 0 Å². The molecule has 2 nitrogen and oxygen atoms in total. The molecule has 0 radical (unpaired) electrons. The number of carbonyl (C=O) groups is 1. The number of ketones is 1. The fraction of sp³-hybridized carbons (Fsp3) is 0.278. The fourth-order valence-electron chi connectivity index (χ4n) is 2.83. The zero-order valence-corrected chi connectivity index (χ0v) is 11.3. The summed E-state index contributed by atoms with van der Waals surface area (Å²) in [5, 5.41) is 12.4. The second-order valence-corrected chi connectivity index (χ2v) is 5.42. The van der Waals surface area contributed by atoms with E-state index in [-0.39, 0.29) is 11.7 Å². The number of Topliss-reactive ketones (excluding diaryl/α,β-unsaturated/α-hetero) is 1. The van der Waals surface area contributed by atoms with Gasteiger partial charge in [0.15, 0.2) is 5.78 Å². The molecule has 2 atom stereocenters. The van der Waals surface area contributed by atoms with E-state index in [9.17, 15) is 9.90 Å². The minimum absolute atomic E-state index is 0.0546. The van der Waals surface area contributed by atoms with Crippen LogP contribution in [0.5, 0.6) is 0 Å². The third-order valence-corrected chi connectivity index (χ3v) is 4.06. The highest BCUT2D eigenvalue weighted by molar-refractivity contribution is 6.02. The van der Waals surface area contributed by atoms with E-state index in [0.717, 1.165) is 30.0 Å². The normalized spacial score (nSPS) is 19.9. The monoisotopic (exact) mass is 266 g/mol. The number of rotatable bonds is 3. The van der Waals surface area contributed by atoms with Gasteiger partial charge in [-0.25, -0.2) is 0 Å². The highest BCUT2D eigenvalue weighted by atomic mass is 16.3. The first-order valence-electron chi connectivity index (χ1n) is 7.12. The first kappa shape index (κ1) is 13.1. The largest absolute Gasteiger partial charge is 0.385 e. The predicted octanol–water partition coefficient (Wildman–Crippen LogP) is 3.74. The predicted molar refractivity (Wildman–Crippen MR) is 80.8 cm³/mol. The molecule has 0 bridgehead atoms. The van der Waals surface area contributed by atoms with Gasteiger partial charge in [-0.3, -0.25) is 4.79 Å². The molecule has 0 spiro atoms. The summed E-state index contributed by atoms with van der Waals surface area (Å²) < 4.78 is 0. The van der Waals surface area contributed by atoms with Crippen LogP contribution in [0.15, 0.2) is 54.6 Å². The Morgan fingerprint density at radius 2 is 1.90 bits per heavy atom. The van der Waals surface area contributed by atoms with Crippen LogP contribution in [-0.2, 0) is 0 Å². The third kappa shape index (κ3) is 2.52. The number of hydrogen-bond acceptors (Lipinski definition) is 2. The molecule has 1 aliphatic carbocycles. The minimum atomic E-state index is -0.888. The maximum atomic E-state index is 12.4. The van der Waals surface area contributed by atoms with Gasteiger partial charge in [-0.1, -0.05) is 48.6 Å². The molecule has 0 saturated carbocycles. The smallest absolute Gasteiger partial charge is 0.191 e. The molecule has 20 heavy (non-hydrogen) atoms. The van der Waals surface area contributed by atoms with E-state index in [1.54, 1.807) is 0 Å². The summed E-state index contributed by atoms with van der Waals surface area (Å²) in [7, 11) is 0. The van der Waals surface area contributed by atoms with Crippen molar-refractivity contribution in [1.29, 1.82) is 0 Å². The molecule has 0 aromatic heterocycles. The van der Waals surface area contributed by atoms with Crippen LogP contribution in [-0.4, -0.2) is 17.0 Å². The van der Waals surface area contributed by atoms with Crippen molar-refractivity contribution in [2.75, 3.05) is 0 Å². The van der Waals surface area contributed by atoms with Gasteiger partial charge < -0.3 is 5.11 Å². The maximum Gasteiger partial charge on any atom is 0.191 e. The maximum absolute atomic E-state index is 12.4. The summed E-state index contributed by atoms with van der Waals surface area (Å²) in [6.07, 6.45) is 5.92. The van der Waals surface area contributed by atoms with E-state index in [4.69, 9.17) is 0 Å². The second kappa shape index (κ2) is 5.59. The van der Waals surface area contributed by atoms with Crippen molar-refractivity contribution in [3.05, 3.63) is 60.2 Å². The molecule has 3 rings (SSSR count). The first-order valence-corrected chi connectivity index (χ1v) is 7.12. The van der Waals surface area contributed by atoms with Crippen LogP contribution in [0.3, 0.4) is 0 Å². The van der Waals surface area contributed by atoms with E-state index in [1.165, 1.54) is 0 Å². The zero-order valence-electron chi connectivity index (χ0n) is 11.3. The van der Waals surface area contributed by atoms with Gasteiger partial charge in [0, 0.05) is 5.56 Å². The molecule has 0 fully saturated rings. The average Bonchev–Trinajstić information content (AvgIpc) is 2.54. The summed E-state index contributed by atoms with van der Waals surface area (Å²) in [5.41, 5.74) is 0.603. The quantitative estimate of drug-likeness (QED) is 0.678. The van der Waals surface area contributed by atoms with Gasteiger partial charge in [-0.15, -0.1) is 0 Å². The Balaban J connectivity index is 1.86. The molecule has 0 saturated heterocycles. The molecule has 1 N–H and O–H groups in total. The highest BCUT2D eigenvalue weighted by Gasteiger charge is 2.26. The SMILES string of the molecule is O=C(c1ccc2ccccc2c1)C(O)C1CC=CCC1. The lowest BCUT2D eigenvalue weighted by atomic mass is 9.85. The summed E-state index contributed by atoms with van der Waals surface area (Å²) >= 11 is 0. The summed E-state index contributed by atoms with van der Waals surface area (Å²) in [6.45, 7) is 0. The lowest BCUT2D eigenvalue weighted by Crippen LogP contribution is -2.30. The van der Waals surface area contributed by atoms with Crippen LogP contribution in [0.25, 0.3) is 10.8 Å². The van der Waals surface area contributed by atoms with Crippen molar-refractivity contribution < 1.29 is 9.90 Å². The van der Waals surface area contributed by atoms with Gasteiger partial charge in [0.1, 0.15) is 6.10 Å². The molecule has 0 aliphatic heterocycles. The average molecular weight is 266 g/mol. The minimum Gasteiger partial charge on any atom is -0.385 e. The van der Waals surface area contributed by atoms with E-state index in [0.29, 0.717) is 5.56 Å². The summed E-state index contributed by atoms with van der Waals surface area (Å²) in [4.78, 5) is 12.4.